The lowest BCUT2D eigenvalue weighted by Gasteiger charge is -2.13. The third-order valence-corrected chi connectivity index (χ3v) is 4.91. The Bertz CT molecular complexity index is 1140. The van der Waals surface area contributed by atoms with Gasteiger partial charge in [-0.05, 0) is 33.7 Å². The molecule has 0 saturated heterocycles. The topological polar surface area (TPSA) is 42.0 Å². The number of ether oxygens (including phenoxy) is 2. The molecule has 0 atom stereocenters. The quantitative estimate of drug-likeness (QED) is 0.451. The van der Waals surface area contributed by atoms with Gasteiger partial charge in [-0.25, -0.2) is 0 Å². The maximum atomic E-state index is 10.8. The van der Waals surface area contributed by atoms with E-state index in [4.69, 9.17) is 9.47 Å². The third-order valence-electron chi connectivity index (χ3n) is 4.91. The highest BCUT2D eigenvalue weighted by Crippen LogP contribution is 2.53. The van der Waals surface area contributed by atoms with E-state index in [9.17, 15) is 5.11 Å². The summed E-state index contributed by atoms with van der Waals surface area (Å²) in [6.07, 6.45) is 0.591. The lowest BCUT2D eigenvalue weighted by Crippen LogP contribution is -1.94. The number of phenols is 1. The van der Waals surface area contributed by atoms with E-state index >= 15 is 0 Å². The second-order valence-electron chi connectivity index (χ2n) is 6.31. The van der Waals surface area contributed by atoms with Crippen molar-refractivity contribution in [3.05, 3.63) is 71.8 Å². The van der Waals surface area contributed by atoms with Gasteiger partial charge in [-0.1, -0.05) is 48.5 Å². The molecule has 1 heterocycles. The van der Waals surface area contributed by atoms with Crippen LogP contribution in [0.5, 0.6) is 23.0 Å². The molecule has 0 aliphatic carbocycles. The van der Waals surface area contributed by atoms with Crippen molar-refractivity contribution >= 4 is 21.5 Å². The summed E-state index contributed by atoms with van der Waals surface area (Å²) in [6, 6.07) is 20.2. The third kappa shape index (κ3) is 2.13. The van der Waals surface area contributed by atoms with E-state index < -0.39 is 0 Å². The fourth-order valence-corrected chi connectivity index (χ4v) is 3.62. The van der Waals surface area contributed by atoms with Gasteiger partial charge in [-0.15, -0.1) is 0 Å². The molecule has 0 saturated carbocycles. The maximum absolute atomic E-state index is 10.8. The van der Waals surface area contributed by atoms with Gasteiger partial charge in [0.15, 0.2) is 23.0 Å². The molecule has 0 spiro atoms. The van der Waals surface area contributed by atoms with Crippen LogP contribution in [0.25, 0.3) is 21.5 Å². The monoisotopic (exact) mass is 328 g/mol. The van der Waals surface area contributed by atoms with Gasteiger partial charge in [-0.2, -0.15) is 0 Å². The number of methoxy groups -OCH3 is 1. The Morgan fingerprint density at radius 3 is 2.24 bits per heavy atom. The molecule has 3 nitrogen and oxygen atoms in total. The van der Waals surface area contributed by atoms with Gasteiger partial charge in [-0.3, -0.25) is 0 Å². The Hall–Kier alpha value is -3.20. The lowest BCUT2D eigenvalue weighted by molar-refractivity contribution is 0.372. The van der Waals surface area contributed by atoms with Gasteiger partial charge < -0.3 is 14.6 Å². The fourth-order valence-electron chi connectivity index (χ4n) is 3.62. The average molecular weight is 328 g/mol. The van der Waals surface area contributed by atoms with Gasteiger partial charge >= 0.3 is 0 Å². The fraction of sp³-hybridized carbons (Fsp3) is 0.0909. The standard InChI is InChI=1S/C22H16O3/c1-24-19-10-13-6-2-4-8-15(13)17(21(19)23)12-18-16-9-5-3-7-14(16)11-20-22(18)25-20/h2-11,23H,12H2,1H3. The summed E-state index contributed by atoms with van der Waals surface area (Å²) >= 11 is 0. The highest BCUT2D eigenvalue weighted by molar-refractivity contribution is 5.95. The van der Waals surface area contributed by atoms with Crippen molar-refractivity contribution in [2.75, 3.05) is 7.11 Å². The van der Waals surface area contributed by atoms with Crippen LogP contribution in [0.1, 0.15) is 11.1 Å². The summed E-state index contributed by atoms with van der Waals surface area (Å²) in [5.41, 5.74) is 1.98. The van der Waals surface area contributed by atoms with Gasteiger partial charge in [0.2, 0.25) is 0 Å². The minimum atomic E-state index is 0.198. The SMILES string of the molecule is COc1cc2ccccc2c(Cc2c3c(cc4ccccc24)O3)c1O. The summed E-state index contributed by atoms with van der Waals surface area (Å²) in [5, 5.41) is 15.2. The summed E-state index contributed by atoms with van der Waals surface area (Å²) in [6.45, 7) is 0. The van der Waals surface area contributed by atoms with Crippen LogP contribution in [-0.4, -0.2) is 12.2 Å². The minimum Gasteiger partial charge on any atom is -0.504 e. The summed E-state index contributed by atoms with van der Waals surface area (Å²) in [4.78, 5) is 0. The van der Waals surface area contributed by atoms with E-state index in [1.54, 1.807) is 7.11 Å². The molecular formula is C22H16O3. The van der Waals surface area contributed by atoms with Crippen LogP contribution in [0, 0.1) is 0 Å². The Kier molecular flexibility index (Phi) is 2.92. The normalized spacial score (nSPS) is 12.0. The van der Waals surface area contributed by atoms with Gasteiger partial charge in [0, 0.05) is 17.5 Å². The van der Waals surface area contributed by atoms with Gasteiger partial charge in [0.25, 0.3) is 0 Å². The first-order valence-corrected chi connectivity index (χ1v) is 8.26. The Morgan fingerprint density at radius 2 is 1.52 bits per heavy atom. The molecular weight excluding hydrogens is 312 g/mol. The van der Waals surface area contributed by atoms with Gasteiger partial charge in [0.1, 0.15) is 0 Å². The Morgan fingerprint density at radius 1 is 0.880 bits per heavy atom. The average Bonchev–Trinajstić information content (AvgIpc) is 3.42. The van der Waals surface area contributed by atoms with Crippen molar-refractivity contribution in [1.29, 1.82) is 0 Å². The number of fused-ring (bicyclic) bond motifs is 3. The van der Waals surface area contributed by atoms with Crippen molar-refractivity contribution in [2.45, 2.75) is 6.42 Å². The van der Waals surface area contributed by atoms with Crippen LogP contribution in [0.2, 0.25) is 0 Å². The molecule has 0 radical (unpaired) electrons. The molecule has 5 rings (SSSR count). The van der Waals surface area contributed by atoms with E-state index in [0.717, 1.165) is 44.2 Å². The molecule has 1 N–H and O–H groups in total. The van der Waals surface area contributed by atoms with Crippen LogP contribution in [0.3, 0.4) is 0 Å². The molecule has 25 heavy (non-hydrogen) atoms. The minimum absolute atomic E-state index is 0.198. The lowest BCUT2D eigenvalue weighted by atomic mass is 9.94. The number of hydrogen-bond donors (Lipinski definition) is 1. The van der Waals surface area contributed by atoms with Crippen LogP contribution in [-0.2, 0) is 6.42 Å². The largest absolute Gasteiger partial charge is 0.504 e. The van der Waals surface area contributed by atoms with Gasteiger partial charge in [0.05, 0.1) is 7.11 Å². The number of aromatic hydroxyl groups is 1. The van der Waals surface area contributed by atoms with E-state index in [2.05, 4.69) is 18.2 Å². The zero-order valence-electron chi connectivity index (χ0n) is 13.7. The second kappa shape index (κ2) is 5.15. The predicted molar refractivity (Wildman–Crippen MR) is 99.0 cm³/mol. The zero-order chi connectivity index (χ0) is 17.0. The smallest absolute Gasteiger partial charge is 0.174 e. The van der Waals surface area contributed by atoms with Crippen molar-refractivity contribution in [1.82, 2.24) is 0 Å². The summed E-state index contributed by atoms with van der Waals surface area (Å²) in [5.74, 6) is 2.56. The highest BCUT2D eigenvalue weighted by atomic mass is 16.6. The maximum Gasteiger partial charge on any atom is 0.174 e. The first-order chi connectivity index (χ1) is 12.3. The van der Waals surface area contributed by atoms with Crippen LogP contribution >= 0.6 is 0 Å². The highest BCUT2D eigenvalue weighted by Gasteiger charge is 2.28. The van der Waals surface area contributed by atoms with Crippen molar-refractivity contribution in [3.8, 4) is 23.0 Å². The zero-order valence-corrected chi connectivity index (χ0v) is 13.7. The Balaban J connectivity index is 1.77. The number of benzene rings is 4. The predicted octanol–water partition coefficient (Wildman–Crippen LogP) is 5.40. The second-order valence-corrected chi connectivity index (χ2v) is 6.31. The number of hydrogen-bond acceptors (Lipinski definition) is 3. The van der Waals surface area contributed by atoms with Crippen LogP contribution in [0.15, 0.2) is 60.7 Å². The van der Waals surface area contributed by atoms with Crippen molar-refractivity contribution < 1.29 is 14.6 Å². The molecule has 0 fully saturated rings. The van der Waals surface area contributed by atoms with E-state index in [1.165, 1.54) is 0 Å². The first-order valence-electron chi connectivity index (χ1n) is 8.26. The molecule has 0 aromatic heterocycles. The van der Waals surface area contributed by atoms with Crippen LogP contribution in [0.4, 0.5) is 0 Å². The molecule has 1 aliphatic rings. The van der Waals surface area contributed by atoms with E-state index in [1.807, 2.05) is 42.5 Å². The molecule has 0 amide bonds. The first kappa shape index (κ1) is 14.2. The van der Waals surface area contributed by atoms with Crippen molar-refractivity contribution in [2.24, 2.45) is 0 Å². The molecule has 1 aliphatic heterocycles. The summed E-state index contributed by atoms with van der Waals surface area (Å²) < 4.78 is 11.1. The number of rotatable bonds is 3. The molecule has 122 valence electrons. The van der Waals surface area contributed by atoms with E-state index in [-0.39, 0.29) is 5.75 Å². The molecule has 3 heteroatoms. The molecule has 4 aromatic carbocycles. The summed E-state index contributed by atoms with van der Waals surface area (Å²) in [7, 11) is 1.58. The van der Waals surface area contributed by atoms with Crippen molar-refractivity contribution in [3.63, 3.8) is 0 Å². The van der Waals surface area contributed by atoms with Crippen LogP contribution < -0.4 is 9.47 Å². The Labute approximate surface area is 145 Å². The molecule has 0 bridgehead atoms. The number of phenolic OH excluding ortho intramolecular Hbond substituents is 1. The molecule has 4 aromatic rings. The van der Waals surface area contributed by atoms with E-state index in [0.29, 0.717) is 12.2 Å². The molecule has 0 unspecified atom stereocenters.